The predicted molar refractivity (Wildman–Crippen MR) is 107 cm³/mol. The van der Waals surface area contributed by atoms with E-state index in [4.69, 9.17) is 4.74 Å². The van der Waals surface area contributed by atoms with Crippen LogP contribution in [-0.2, 0) is 11.4 Å². The lowest BCUT2D eigenvalue weighted by atomic mass is 10.2. The van der Waals surface area contributed by atoms with Crippen molar-refractivity contribution in [3.63, 3.8) is 0 Å². The molecule has 28 heavy (non-hydrogen) atoms. The van der Waals surface area contributed by atoms with Crippen LogP contribution in [0.2, 0.25) is 0 Å². The first-order valence-electron chi connectivity index (χ1n) is 9.51. The summed E-state index contributed by atoms with van der Waals surface area (Å²) in [6.07, 6.45) is 0.352. The maximum absolute atomic E-state index is 12.6. The summed E-state index contributed by atoms with van der Waals surface area (Å²) in [5, 5.41) is 3.82. The van der Waals surface area contributed by atoms with Gasteiger partial charge in [-0.1, -0.05) is 36.4 Å². The number of aromatic amines is 1. The summed E-state index contributed by atoms with van der Waals surface area (Å²) >= 11 is 0. The van der Waals surface area contributed by atoms with Gasteiger partial charge in [0.25, 0.3) is 5.91 Å². The molecule has 2 amide bonds. The molecule has 2 aromatic carbocycles. The second-order valence-corrected chi connectivity index (χ2v) is 6.98. The summed E-state index contributed by atoms with van der Waals surface area (Å²) in [4.78, 5) is 29.4. The Kier molecular flexibility index (Phi) is 5.02. The lowest BCUT2D eigenvalue weighted by Crippen LogP contribution is -2.37. The van der Waals surface area contributed by atoms with Crippen molar-refractivity contribution >= 4 is 22.7 Å². The van der Waals surface area contributed by atoms with Gasteiger partial charge in [-0.25, -0.2) is 0 Å². The fourth-order valence-corrected chi connectivity index (χ4v) is 3.55. The Balaban J connectivity index is 1.48. The van der Waals surface area contributed by atoms with Gasteiger partial charge in [-0.2, -0.15) is 0 Å². The summed E-state index contributed by atoms with van der Waals surface area (Å²) < 4.78 is 5.97. The number of fused-ring (bicyclic) bond motifs is 1. The van der Waals surface area contributed by atoms with Crippen molar-refractivity contribution in [1.29, 1.82) is 0 Å². The number of nitrogens with zero attached hydrogens (tertiary/aromatic N) is 1. The zero-order valence-electron chi connectivity index (χ0n) is 15.8. The molecule has 4 rings (SSSR count). The summed E-state index contributed by atoms with van der Waals surface area (Å²) in [5.74, 6) is 0.604. The van der Waals surface area contributed by atoms with Crippen LogP contribution >= 0.6 is 0 Å². The number of nitrogens with one attached hydrogen (secondary N) is 2. The van der Waals surface area contributed by atoms with Gasteiger partial charge in [-0.3, -0.25) is 9.59 Å². The quantitative estimate of drug-likeness (QED) is 0.693. The van der Waals surface area contributed by atoms with Gasteiger partial charge in [0.05, 0.1) is 6.04 Å². The Labute approximate surface area is 163 Å². The van der Waals surface area contributed by atoms with E-state index in [1.807, 2.05) is 55.5 Å². The van der Waals surface area contributed by atoms with Crippen molar-refractivity contribution in [2.45, 2.75) is 26.0 Å². The van der Waals surface area contributed by atoms with Gasteiger partial charge in [-0.15, -0.1) is 0 Å². The molecule has 0 aliphatic carbocycles. The number of H-pyrrole nitrogens is 1. The van der Waals surface area contributed by atoms with Crippen LogP contribution in [0.4, 0.5) is 0 Å². The molecule has 1 aliphatic rings. The number of rotatable bonds is 6. The molecule has 2 N–H and O–H groups in total. The molecule has 6 heteroatoms. The second kappa shape index (κ2) is 7.76. The Bertz CT molecular complexity index is 997. The summed E-state index contributed by atoms with van der Waals surface area (Å²) in [6, 6.07) is 17.3. The van der Waals surface area contributed by atoms with E-state index in [9.17, 15) is 9.59 Å². The maximum Gasteiger partial charge on any atom is 0.268 e. The van der Waals surface area contributed by atoms with Gasteiger partial charge < -0.3 is 19.9 Å². The average molecular weight is 377 g/mol. The van der Waals surface area contributed by atoms with Gasteiger partial charge in [0, 0.05) is 30.4 Å². The zero-order valence-corrected chi connectivity index (χ0v) is 15.8. The molecule has 0 radical (unpaired) electrons. The van der Waals surface area contributed by atoms with Crippen LogP contribution in [0.1, 0.15) is 29.4 Å². The minimum atomic E-state index is -0.207. The van der Waals surface area contributed by atoms with Crippen LogP contribution in [-0.4, -0.2) is 40.8 Å². The Hall–Kier alpha value is -3.28. The first-order valence-corrected chi connectivity index (χ1v) is 9.51. The highest BCUT2D eigenvalue weighted by molar-refractivity contribution is 6.00. The summed E-state index contributed by atoms with van der Waals surface area (Å²) in [5.41, 5.74) is 2.39. The highest BCUT2D eigenvalue weighted by atomic mass is 16.5. The van der Waals surface area contributed by atoms with Crippen LogP contribution in [0, 0.1) is 0 Å². The molecule has 1 aliphatic heterocycles. The van der Waals surface area contributed by atoms with E-state index in [0.29, 0.717) is 31.8 Å². The molecule has 0 saturated carbocycles. The molecular formula is C22H23N3O3. The lowest BCUT2D eigenvalue weighted by Gasteiger charge is -2.14. The monoisotopic (exact) mass is 377 g/mol. The Morgan fingerprint density at radius 1 is 1.21 bits per heavy atom. The highest BCUT2D eigenvalue weighted by Crippen LogP contribution is 2.27. The SMILES string of the molecule is CCN1CC(NC(=O)c2cc3c(OCc4ccccc4)cccc3[nH]2)CC1=O. The average Bonchev–Trinajstić information content (AvgIpc) is 3.30. The van der Waals surface area contributed by atoms with Crippen molar-refractivity contribution in [2.75, 3.05) is 13.1 Å². The highest BCUT2D eigenvalue weighted by Gasteiger charge is 2.29. The first-order chi connectivity index (χ1) is 13.6. The third-order valence-corrected chi connectivity index (χ3v) is 5.04. The van der Waals surface area contributed by atoms with Crippen LogP contribution in [0.15, 0.2) is 54.6 Å². The molecular weight excluding hydrogens is 354 g/mol. The number of carbonyl (C=O) groups is 2. The van der Waals surface area contributed by atoms with Gasteiger partial charge in [-0.05, 0) is 30.7 Å². The van der Waals surface area contributed by atoms with Gasteiger partial charge >= 0.3 is 0 Å². The molecule has 1 unspecified atom stereocenters. The van der Waals surface area contributed by atoms with E-state index in [2.05, 4.69) is 10.3 Å². The molecule has 1 fully saturated rings. The van der Waals surface area contributed by atoms with Crippen LogP contribution < -0.4 is 10.1 Å². The fourth-order valence-electron chi connectivity index (χ4n) is 3.55. The van der Waals surface area contributed by atoms with Crippen LogP contribution in [0.5, 0.6) is 5.75 Å². The minimum absolute atomic E-state index is 0.0843. The number of hydrogen-bond acceptors (Lipinski definition) is 3. The molecule has 6 nitrogen and oxygen atoms in total. The summed E-state index contributed by atoms with van der Waals surface area (Å²) in [7, 11) is 0. The van der Waals surface area contributed by atoms with E-state index in [1.165, 1.54) is 0 Å². The Morgan fingerprint density at radius 3 is 2.79 bits per heavy atom. The number of ether oxygens (including phenoxy) is 1. The van der Waals surface area contributed by atoms with Gasteiger partial charge in [0.15, 0.2) is 0 Å². The molecule has 1 atom stereocenters. The minimum Gasteiger partial charge on any atom is -0.488 e. The number of carbonyl (C=O) groups excluding carboxylic acids is 2. The number of hydrogen-bond donors (Lipinski definition) is 2. The number of likely N-dealkylation sites (tertiary alicyclic amines) is 1. The van der Waals surface area contributed by atoms with E-state index >= 15 is 0 Å². The standard InChI is InChI=1S/C22H23N3O3/c1-2-25-13-16(11-21(25)26)23-22(27)19-12-17-18(24-19)9-6-10-20(17)28-14-15-7-4-3-5-8-15/h3-10,12,16,24H,2,11,13-14H2,1H3,(H,23,27). The number of benzene rings is 2. The van der Waals surface area contributed by atoms with E-state index < -0.39 is 0 Å². The molecule has 144 valence electrons. The largest absolute Gasteiger partial charge is 0.488 e. The lowest BCUT2D eigenvalue weighted by molar-refractivity contribution is -0.127. The van der Waals surface area contributed by atoms with Crippen LogP contribution in [0.3, 0.4) is 0 Å². The number of aromatic nitrogens is 1. The van der Waals surface area contributed by atoms with E-state index in [0.717, 1.165) is 22.2 Å². The summed E-state index contributed by atoms with van der Waals surface area (Å²) in [6.45, 7) is 3.63. The zero-order chi connectivity index (χ0) is 19.5. The predicted octanol–water partition coefficient (Wildman–Crippen LogP) is 3.10. The fraction of sp³-hybridized carbons (Fsp3) is 0.273. The molecule has 0 bridgehead atoms. The molecule has 0 spiro atoms. The molecule has 3 aromatic rings. The van der Waals surface area contributed by atoms with Crippen LogP contribution in [0.25, 0.3) is 10.9 Å². The smallest absolute Gasteiger partial charge is 0.268 e. The molecule has 1 aromatic heterocycles. The molecule has 2 heterocycles. The Morgan fingerprint density at radius 2 is 2.04 bits per heavy atom. The van der Waals surface area contributed by atoms with Gasteiger partial charge in [0.1, 0.15) is 18.1 Å². The van der Waals surface area contributed by atoms with Crippen molar-refractivity contribution in [3.05, 3.63) is 65.9 Å². The number of likely N-dealkylation sites (N-methyl/N-ethyl adjacent to an activating group) is 1. The third-order valence-electron chi connectivity index (χ3n) is 5.04. The van der Waals surface area contributed by atoms with Crippen molar-refractivity contribution in [3.8, 4) is 5.75 Å². The first kappa shape index (κ1) is 18.1. The van der Waals surface area contributed by atoms with Crippen molar-refractivity contribution < 1.29 is 14.3 Å². The van der Waals surface area contributed by atoms with E-state index in [-0.39, 0.29) is 17.9 Å². The maximum atomic E-state index is 12.6. The normalized spacial score (nSPS) is 16.5. The second-order valence-electron chi connectivity index (χ2n) is 6.98. The molecule has 1 saturated heterocycles. The topological polar surface area (TPSA) is 74.4 Å². The van der Waals surface area contributed by atoms with Crippen molar-refractivity contribution in [2.24, 2.45) is 0 Å². The third kappa shape index (κ3) is 3.71. The van der Waals surface area contributed by atoms with Gasteiger partial charge in [0.2, 0.25) is 5.91 Å². The van der Waals surface area contributed by atoms with E-state index in [1.54, 1.807) is 11.0 Å². The number of amides is 2. The van der Waals surface area contributed by atoms with Crippen molar-refractivity contribution in [1.82, 2.24) is 15.2 Å².